The molecule has 0 spiro atoms. The summed E-state index contributed by atoms with van der Waals surface area (Å²) >= 11 is 0. The quantitative estimate of drug-likeness (QED) is 0.745. The summed E-state index contributed by atoms with van der Waals surface area (Å²) in [6, 6.07) is 11.2. The van der Waals surface area contributed by atoms with Crippen molar-refractivity contribution in [1.29, 1.82) is 0 Å². The molecule has 0 fully saturated rings. The standard InChI is InChI=1S/C21H26N2O5S/c1-4-27-19-11-10-15(13-20(19)28-5-2)29(25,26)23-14(3)12-17(21(22)24)16-8-6-7-9-18(16)23/h6-11,13-14,17H,4-5,12H2,1-3H3,(H2,22,24)/t14-,17+/m0/s1. The van der Waals surface area contributed by atoms with Crippen LogP contribution in [0.4, 0.5) is 5.69 Å². The smallest absolute Gasteiger partial charge is 0.264 e. The number of nitrogens with two attached hydrogens (primary N) is 1. The molecule has 1 aliphatic rings. The van der Waals surface area contributed by atoms with Gasteiger partial charge in [0, 0.05) is 12.1 Å². The lowest BCUT2D eigenvalue weighted by molar-refractivity contribution is -0.119. The Morgan fingerprint density at radius 3 is 2.41 bits per heavy atom. The van der Waals surface area contributed by atoms with E-state index in [0.717, 1.165) is 0 Å². The number of primary amides is 1. The van der Waals surface area contributed by atoms with Crippen LogP contribution in [0.3, 0.4) is 0 Å². The van der Waals surface area contributed by atoms with E-state index in [1.165, 1.54) is 16.4 Å². The van der Waals surface area contributed by atoms with Crippen LogP contribution in [0.25, 0.3) is 0 Å². The molecule has 2 atom stereocenters. The molecule has 7 nitrogen and oxygen atoms in total. The third kappa shape index (κ3) is 3.89. The normalized spacial score (nSPS) is 18.8. The average molecular weight is 419 g/mol. The highest BCUT2D eigenvalue weighted by molar-refractivity contribution is 7.92. The first-order chi connectivity index (χ1) is 13.8. The Kier molecular flexibility index (Phi) is 6.02. The van der Waals surface area contributed by atoms with Gasteiger partial charge in [-0.1, -0.05) is 18.2 Å². The fraction of sp³-hybridized carbons (Fsp3) is 0.381. The number of carbonyl (C=O) groups is 1. The second-order valence-electron chi connectivity index (χ2n) is 6.87. The molecule has 0 saturated carbocycles. The van der Waals surface area contributed by atoms with Crippen molar-refractivity contribution in [1.82, 2.24) is 0 Å². The van der Waals surface area contributed by atoms with Crippen LogP contribution in [-0.4, -0.2) is 33.6 Å². The molecule has 1 heterocycles. The number of rotatable bonds is 7. The zero-order valence-corrected chi connectivity index (χ0v) is 17.6. The fourth-order valence-electron chi connectivity index (χ4n) is 3.73. The van der Waals surface area contributed by atoms with Gasteiger partial charge in [-0.05, 0) is 51.0 Å². The predicted octanol–water partition coefficient (Wildman–Crippen LogP) is 3.04. The maximum absolute atomic E-state index is 13.6. The zero-order valence-electron chi connectivity index (χ0n) is 16.8. The largest absolute Gasteiger partial charge is 0.490 e. The van der Waals surface area contributed by atoms with E-state index in [9.17, 15) is 13.2 Å². The Bertz CT molecular complexity index is 1010. The van der Waals surface area contributed by atoms with Crippen LogP contribution in [0.5, 0.6) is 11.5 Å². The highest BCUT2D eigenvalue weighted by Gasteiger charge is 2.39. The first kappa shape index (κ1) is 21.0. The lowest BCUT2D eigenvalue weighted by atomic mass is 9.87. The molecule has 0 aromatic heterocycles. The van der Waals surface area contributed by atoms with E-state index in [-0.39, 0.29) is 4.90 Å². The maximum atomic E-state index is 13.6. The minimum atomic E-state index is -3.90. The van der Waals surface area contributed by atoms with Crippen molar-refractivity contribution in [3.05, 3.63) is 48.0 Å². The predicted molar refractivity (Wildman–Crippen MR) is 111 cm³/mol. The Morgan fingerprint density at radius 2 is 1.76 bits per heavy atom. The van der Waals surface area contributed by atoms with Crippen molar-refractivity contribution in [2.45, 2.75) is 44.0 Å². The number of fused-ring (bicyclic) bond motifs is 1. The van der Waals surface area contributed by atoms with Crippen molar-refractivity contribution in [3.8, 4) is 11.5 Å². The molecule has 1 aliphatic heterocycles. The van der Waals surface area contributed by atoms with Crippen molar-refractivity contribution in [2.24, 2.45) is 5.73 Å². The summed E-state index contributed by atoms with van der Waals surface area (Å²) in [7, 11) is -3.90. The van der Waals surface area contributed by atoms with Crippen molar-refractivity contribution < 1.29 is 22.7 Å². The number of anilines is 1. The molecule has 2 aromatic carbocycles. The molecule has 0 unspecified atom stereocenters. The molecule has 8 heteroatoms. The summed E-state index contributed by atoms with van der Waals surface area (Å²) in [5.74, 6) is -0.106. The monoisotopic (exact) mass is 418 g/mol. The molecular formula is C21H26N2O5S. The van der Waals surface area contributed by atoms with Crippen LogP contribution in [0.1, 0.15) is 38.7 Å². The molecule has 0 radical (unpaired) electrons. The Labute approximate surface area is 171 Å². The fourth-order valence-corrected chi connectivity index (χ4v) is 5.43. The topological polar surface area (TPSA) is 98.9 Å². The van der Waals surface area contributed by atoms with Gasteiger partial charge in [0.15, 0.2) is 11.5 Å². The molecule has 0 bridgehead atoms. The molecule has 156 valence electrons. The van der Waals surface area contributed by atoms with Gasteiger partial charge in [-0.15, -0.1) is 0 Å². The lowest BCUT2D eigenvalue weighted by Crippen LogP contribution is -2.45. The Morgan fingerprint density at radius 1 is 1.10 bits per heavy atom. The van der Waals surface area contributed by atoms with Gasteiger partial charge in [0.25, 0.3) is 10.0 Å². The highest BCUT2D eigenvalue weighted by atomic mass is 32.2. The SMILES string of the molecule is CCOc1ccc(S(=O)(=O)N2c3ccccc3[C@H](C(N)=O)C[C@@H]2C)cc1OCC. The van der Waals surface area contributed by atoms with E-state index in [4.69, 9.17) is 15.2 Å². The zero-order chi connectivity index (χ0) is 21.2. The minimum absolute atomic E-state index is 0.101. The van der Waals surface area contributed by atoms with Crippen LogP contribution in [0.15, 0.2) is 47.4 Å². The summed E-state index contributed by atoms with van der Waals surface area (Å²) in [6.07, 6.45) is 0.320. The van der Waals surface area contributed by atoms with Gasteiger partial charge in [-0.25, -0.2) is 8.42 Å². The van der Waals surface area contributed by atoms with E-state index in [2.05, 4.69) is 0 Å². The highest BCUT2D eigenvalue weighted by Crippen LogP contribution is 2.42. The second-order valence-corrected chi connectivity index (χ2v) is 8.69. The summed E-state index contributed by atoms with van der Waals surface area (Å²) in [5, 5.41) is 0. The number of benzene rings is 2. The number of hydrogen-bond donors (Lipinski definition) is 1. The first-order valence-corrected chi connectivity index (χ1v) is 11.1. The van der Waals surface area contributed by atoms with Crippen LogP contribution in [0.2, 0.25) is 0 Å². The van der Waals surface area contributed by atoms with Crippen LogP contribution >= 0.6 is 0 Å². The molecule has 2 N–H and O–H groups in total. The molecular weight excluding hydrogens is 392 g/mol. The van der Waals surface area contributed by atoms with Crippen molar-refractivity contribution in [3.63, 3.8) is 0 Å². The lowest BCUT2D eigenvalue weighted by Gasteiger charge is -2.38. The van der Waals surface area contributed by atoms with E-state index in [0.29, 0.717) is 42.4 Å². The third-order valence-electron chi connectivity index (χ3n) is 4.94. The van der Waals surface area contributed by atoms with Gasteiger partial charge in [-0.2, -0.15) is 0 Å². The average Bonchev–Trinajstić information content (AvgIpc) is 2.68. The van der Waals surface area contributed by atoms with Crippen molar-refractivity contribution >= 4 is 21.6 Å². The summed E-state index contributed by atoms with van der Waals surface area (Å²) in [5.41, 5.74) is 6.67. The molecule has 0 aliphatic carbocycles. The van der Waals surface area contributed by atoms with E-state index in [1.54, 1.807) is 37.3 Å². The maximum Gasteiger partial charge on any atom is 0.264 e. The Balaban J connectivity index is 2.10. The number of para-hydroxylation sites is 1. The minimum Gasteiger partial charge on any atom is -0.490 e. The van der Waals surface area contributed by atoms with Crippen molar-refractivity contribution in [2.75, 3.05) is 17.5 Å². The van der Waals surface area contributed by atoms with Gasteiger partial charge in [0.05, 0.1) is 29.7 Å². The first-order valence-electron chi connectivity index (χ1n) is 9.63. The van der Waals surface area contributed by atoms with E-state index >= 15 is 0 Å². The van der Waals surface area contributed by atoms with Gasteiger partial charge < -0.3 is 15.2 Å². The van der Waals surface area contributed by atoms with Gasteiger partial charge in [0.2, 0.25) is 5.91 Å². The number of nitrogens with zero attached hydrogens (tertiary/aromatic N) is 1. The second kappa shape index (κ2) is 8.32. The van der Waals surface area contributed by atoms with E-state index < -0.39 is 27.9 Å². The molecule has 2 aromatic rings. The number of sulfonamides is 1. The van der Waals surface area contributed by atoms with Gasteiger partial charge in [-0.3, -0.25) is 9.10 Å². The Hall–Kier alpha value is -2.74. The molecule has 29 heavy (non-hydrogen) atoms. The third-order valence-corrected chi connectivity index (χ3v) is 6.87. The van der Waals surface area contributed by atoms with Crippen LogP contribution in [-0.2, 0) is 14.8 Å². The number of hydrogen-bond acceptors (Lipinski definition) is 5. The molecule has 3 rings (SSSR count). The van der Waals surface area contributed by atoms with Gasteiger partial charge >= 0.3 is 0 Å². The summed E-state index contributed by atoms with van der Waals surface area (Å²) < 4.78 is 39.6. The molecule has 1 amide bonds. The van der Waals surface area contributed by atoms with Crippen LogP contribution in [0, 0.1) is 0 Å². The number of amides is 1. The number of carbonyl (C=O) groups excluding carboxylic acids is 1. The van der Waals surface area contributed by atoms with Crippen LogP contribution < -0.4 is 19.5 Å². The summed E-state index contributed by atoms with van der Waals surface area (Å²) in [6.45, 7) is 6.27. The number of ether oxygens (including phenoxy) is 2. The molecule has 0 saturated heterocycles. The summed E-state index contributed by atoms with van der Waals surface area (Å²) in [4.78, 5) is 12.0. The van der Waals surface area contributed by atoms with E-state index in [1.807, 2.05) is 13.8 Å². The van der Waals surface area contributed by atoms with Gasteiger partial charge in [0.1, 0.15) is 0 Å².